The minimum Gasteiger partial charge on any atom is -0.424 e. The molecule has 3 aliphatic rings. The number of likely N-dealkylation sites (tertiary alicyclic amines) is 2. The van der Waals surface area contributed by atoms with Crippen LogP contribution in [-0.4, -0.2) is 51.6 Å². The molecule has 28 heavy (non-hydrogen) atoms. The predicted molar refractivity (Wildman–Crippen MR) is 105 cm³/mol. The number of hydrogen-bond acceptors (Lipinski definition) is 5. The van der Waals surface area contributed by atoms with Crippen LogP contribution >= 0.6 is 0 Å². The number of hydrogen-bond donors (Lipinski definition) is 0. The third-order valence-electron chi connectivity index (χ3n) is 6.76. The average Bonchev–Trinajstić information content (AvgIpc) is 3.48. The molecule has 1 aromatic carbocycles. The first-order valence-corrected chi connectivity index (χ1v) is 10.5. The van der Waals surface area contributed by atoms with Gasteiger partial charge in [-0.05, 0) is 56.2 Å². The number of amides is 1. The SMILES string of the molecule is Cc1nnc(CN2CCC3(CC2)C[C@H](c2ccccc2)C(=O)N(C2CC2)C3)o1. The van der Waals surface area contributed by atoms with Crippen molar-refractivity contribution in [3.05, 3.63) is 47.7 Å². The van der Waals surface area contributed by atoms with Gasteiger partial charge in [-0.15, -0.1) is 10.2 Å². The highest BCUT2D eigenvalue weighted by Gasteiger charge is 2.49. The number of rotatable bonds is 4. The molecular weight excluding hydrogens is 352 g/mol. The number of carbonyl (C=O) groups is 1. The van der Waals surface area contributed by atoms with Gasteiger partial charge in [-0.25, -0.2) is 0 Å². The lowest BCUT2D eigenvalue weighted by molar-refractivity contribution is -0.142. The van der Waals surface area contributed by atoms with Crippen molar-refractivity contribution in [2.45, 2.75) is 57.5 Å². The van der Waals surface area contributed by atoms with Gasteiger partial charge in [-0.3, -0.25) is 9.69 Å². The molecule has 2 aliphatic heterocycles. The summed E-state index contributed by atoms with van der Waals surface area (Å²) in [6, 6.07) is 10.9. The van der Waals surface area contributed by atoms with Gasteiger partial charge in [-0.1, -0.05) is 30.3 Å². The van der Waals surface area contributed by atoms with E-state index in [-0.39, 0.29) is 11.3 Å². The smallest absolute Gasteiger partial charge is 0.230 e. The van der Waals surface area contributed by atoms with Crippen LogP contribution in [0.1, 0.15) is 55.4 Å². The molecule has 148 valence electrons. The lowest BCUT2D eigenvalue weighted by Crippen LogP contribution is -2.54. The Morgan fingerprint density at radius 2 is 1.89 bits per heavy atom. The normalized spacial score (nSPS) is 25.4. The molecular formula is C22H28N4O2. The zero-order valence-corrected chi connectivity index (χ0v) is 16.5. The molecule has 2 aromatic rings. The number of aromatic nitrogens is 2. The van der Waals surface area contributed by atoms with Crippen molar-refractivity contribution in [1.29, 1.82) is 0 Å². The van der Waals surface area contributed by atoms with Crippen LogP contribution in [0, 0.1) is 12.3 Å². The fourth-order valence-corrected chi connectivity index (χ4v) is 5.01. The van der Waals surface area contributed by atoms with E-state index in [2.05, 4.69) is 44.3 Å². The number of nitrogens with zero attached hydrogens (tertiary/aromatic N) is 4. The van der Waals surface area contributed by atoms with Crippen molar-refractivity contribution in [2.75, 3.05) is 19.6 Å². The molecule has 1 aliphatic carbocycles. The minimum absolute atomic E-state index is 0.0145. The Balaban J connectivity index is 1.32. The van der Waals surface area contributed by atoms with Gasteiger partial charge in [0.05, 0.1) is 12.5 Å². The van der Waals surface area contributed by atoms with Crippen molar-refractivity contribution < 1.29 is 9.21 Å². The number of aryl methyl sites for hydroxylation is 1. The second kappa shape index (κ2) is 6.99. The van der Waals surface area contributed by atoms with Gasteiger partial charge in [0.2, 0.25) is 17.7 Å². The summed E-state index contributed by atoms with van der Waals surface area (Å²) in [5.41, 5.74) is 1.42. The summed E-state index contributed by atoms with van der Waals surface area (Å²) in [5.74, 6) is 1.69. The Morgan fingerprint density at radius 3 is 2.54 bits per heavy atom. The summed E-state index contributed by atoms with van der Waals surface area (Å²) in [5, 5.41) is 8.07. The molecule has 1 aromatic heterocycles. The van der Waals surface area contributed by atoms with E-state index in [0.717, 1.165) is 45.4 Å². The number of piperidine rings is 2. The lowest BCUT2D eigenvalue weighted by Gasteiger charge is -2.50. The van der Waals surface area contributed by atoms with E-state index in [1.807, 2.05) is 13.0 Å². The largest absolute Gasteiger partial charge is 0.424 e. The summed E-state index contributed by atoms with van der Waals surface area (Å²) in [6.45, 7) is 5.54. The van der Waals surface area contributed by atoms with Crippen molar-refractivity contribution in [2.24, 2.45) is 5.41 Å². The molecule has 1 amide bonds. The fourth-order valence-electron chi connectivity index (χ4n) is 5.01. The van der Waals surface area contributed by atoms with Gasteiger partial charge in [0, 0.05) is 19.5 Å². The van der Waals surface area contributed by atoms with Gasteiger partial charge in [-0.2, -0.15) is 0 Å². The van der Waals surface area contributed by atoms with E-state index in [1.165, 1.54) is 18.4 Å². The zero-order valence-electron chi connectivity index (χ0n) is 16.5. The topological polar surface area (TPSA) is 62.5 Å². The van der Waals surface area contributed by atoms with E-state index in [4.69, 9.17) is 4.42 Å². The molecule has 0 radical (unpaired) electrons. The maximum absolute atomic E-state index is 13.2. The molecule has 0 unspecified atom stereocenters. The molecule has 1 spiro atoms. The van der Waals surface area contributed by atoms with E-state index < -0.39 is 0 Å². The van der Waals surface area contributed by atoms with Crippen molar-refractivity contribution in [3.63, 3.8) is 0 Å². The van der Waals surface area contributed by atoms with Gasteiger partial charge in [0.25, 0.3) is 0 Å². The summed E-state index contributed by atoms with van der Waals surface area (Å²) in [6.07, 6.45) is 5.57. The summed E-state index contributed by atoms with van der Waals surface area (Å²) in [7, 11) is 0. The van der Waals surface area contributed by atoms with Crippen LogP contribution in [0.3, 0.4) is 0 Å². The third kappa shape index (κ3) is 3.46. The van der Waals surface area contributed by atoms with E-state index in [0.29, 0.717) is 23.7 Å². The third-order valence-corrected chi connectivity index (χ3v) is 6.76. The van der Waals surface area contributed by atoms with E-state index >= 15 is 0 Å². The highest BCUT2D eigenvalue weighted by atomic mass is 16.4. The van der Waals surface area contributed by atoms with Gasteiger partial charge in [0.15, 0.2) is 0 Å². The average molecular weight is 380 g/mol. The zero-order chi connectivity index (χ0) is 19.1. The molecule has 0 bridgehead atoms. The van der Waals surface area contributed by atoms with Crippen LogP contribution in [0.25, 0.3) is 0 Å². The molecule has 5 rings (SSSR count). The minimum atomic E-state index is 0.0145. The van der Waals surface area contributed by atoms with Crippen molar-refractivity contribution in [1.82, 2.24) is 20.0 Å². The highest BCUT2D eigenvalue weighted by molar-refractivity contribution is 5.85. The van der Waals surface area contributed by atoms with Gasteiger partial charge >= 0.3 is 0 Å². The maximum Gasteiger partial charge on any atom is 0.230 e. The Hall–Kier alpha value is -2.21. The molecule has 3 heterocycles. The molecule has 6 heteroatoms. The van der Waals surface area contributed by atoms with Crippen LogP contribution in [0.2, 0.25) is 0 Å². The van der Waals surface area contributed by atoms with Crippen LogP contribution in [0.15, 0.2) is 34.7 Å². The molecule has 6 nitrogen and oxygen atoms in total. The Bertz CT molecular complexity index is 837. The lowest BCUT2D eigenvalue weighted by atomic mass is 9.67. The molecule has 1 atom stereocenters. The Labute approximate surface area is 165 Å². The van der Waals surface area contributed by atoms with Crippen molar-refractivity contribution >= 4 is 5.91 Å². The quantitative estimate of drug-likeness (QED) is 0.815. The van der Waals surface area contributed by atoms with Crippen LogP contribution in [-0.2, 0) is 11.3 Å². The number of benzene rings is 1. The van der Waals surface area contributed by atoms with E-state index in [9.17, 15) is 4.79 Å². The monoisotopic (exact) mass is 380 g/mol. The standard InChI is InChI=1S/C22H28N4O2/c1-16-23-24-20(28-16)14-25-11-9-22(10-12-25)13-19(17-5-3-2-4-6-17)21(27)26(15-22)18-7-8-18/h2-6,18-19H,7-15H2,1H3/t19-/m1/s1. The second-order valence-corrected chi connectivity index (χ2v) is 8.86. The highest BCUT2D eigenvalue weighted by Crippen LogP contribution is 2.48. The first-order chi connectivity index (χ1) is 13.6. The fraction of sp³-hybridized carbons (Fsp3) is 0.591. The number of carbonyl (C=O) groups excluding carboxylic acids is 1. The first-order valence-electron chi connectivity index (χ1n) is 10.5. The predicted octanol–water partition coefficient (Wildman–Crippen LogP) is 3.14. The second-order valence-electron chi connectivity index (χ2n) is 8.86. The van der Waals surface area contributed by atoms with Crippen LogP contribution in [0.5, 0.6) is 0 Å². The van der Waals surface area contributed by atoms with Crippen LogP contribution < -0.4 is 0 Å². The summed E-state index contributed by atoms with van der Waals surface area (Å²) in [4.78, 5) is 17.9. The van der Waals surface area contributed by atoms with E-state index in [1.54, 1.807) is 0 Å². The molecule has 3 fully saturated rings. The van der Waals surface area contributed by atoms with Gasteiger partial charge in [0.1, 0.15) is 0 Å². The van der Waals surface area contributed by atoms with Crippen LogP contribution in [0.4, 0.5) is 0 Å². The van der Waals surface area contributed by atoms with Gasteiger partial charge < -0.3 is 9.32 Å². The maximum atomic E-state index is 13.2. The molecule has 1 saturated carbocycles. The van der Waals surface area contributed by atoms with Crippen molar-refractivity contribution in [3.8, 4) is 0 Å². The Morgan fingerprint density at radius 1 is 1.14 bits per heavy atom. The first kappa shape index (κ1) is 17.9. The molecule has 2 saturated heterocycles. The summed E-state index contributed by atoms with van der Waals surface area (Å²) < 4.78 is 5.55. The summed E-state index contributed by atoms with van der Waals surface area (Å²) >= 11 is 0. The Kier molecular flexibility index (Phi) is 4.46. The molecule has 0 N–H and O–H groups in total.